The molecule has 0 unspecified atom stereocenters. The monoisotopic (exact) mass is 318 g/mol. The second-order valence-corrected chi connectivity index (χ2v) is 7.62. The van der Waals surface area contributed by atoms with Crippen molar-refractivity contribution in [1.82, 2.24) is 19.6 Å². The molecule has 0 bridgehead atoms. The van der Waals surface area contributed by atoms with E-state index >= 15 is 0 Å². The van der Waals surface area contributed by atoms with Gasteiger partial charge in [0.15, 0.2) is 10.8 Å². The molecule has 0 amide bonds. The van der Waals surface area contributed by atoms with Gasteiger partial charge in [0.2, 0.25) is 0 Å². The van der Waals surface area contributed by atoms with Gasteiger partial charge in [-0.25, -0.2) is 4.98 Å². The molecule has 4 nitrogen and oxygen atoms in total. The molecule has 1 aliphatic carbocycles. The number of thioether (sulfide) groups is 1. The lowest BCUT2D eigenvalue weighted by Gasteiger charge is -2.17. The second-order valence-electron chi connectivity index (χ2n) is 5.76. The van der Waals surface area contributed by atoms with E-state index in [1.807, 2.05) is 17.6 Å². The molecule has 21 heavy (non-hydrogen) atoms. The van der Waals surface area contributed by atoms with E-state index in [1.165, 1.54) is 28.7 Å². The van der Waals surface area contributed by atoms with Crippen LogP contribution in [0.15, 0.2) is 5.16 Å². The van der Waals surface area contributed by atoms with Gasteiger partial charge >= 0.3 is 0 Å². The van der Waals surface area contributed by atoms with Gasteiger partial charge in [-0.05, 0) is 37.0 Å². The van der Waals surface area contributed by atoms with Gasteiger partial charge in [0, 0.05) is 11.3 Å². The van der Waals surface area contributed by atoms with E-state index in [-0.39, 0.29) is 0 Å². The minimum atomic E-state index is 0.784. The number of fused-ring (bicyclic) bond motifs is 5. The first kappa shape index (κ1) is 13.5. The SMILES string of the molecule is CCc1nc2sc3c(c2c2nnc(SC)n12)CC[C@@H](C)C3. The molecule has 3 aromatic heterocycles. The summed E-state index contributed by atoms with van der Waals surface area (Å²) < 4.78 is 2.15. The van der Waals surface area contributed by atoms with Crippen LogP contribution in [-0.4, -0.2) is 25.8 Å². The van der Waals surface area contributed by atoms with Crippen LogP contribution in [0.25, 0.3) is 15.9 Å². The molecule has 0 fully saturated rings. The van der Waals surface area contributed by atoms with Gasteiger partial charge in [0.05, 0.1) is 5.39 Å². The van der Waals surface area contributed by atoms with Crippen molar-refractivity contribution in [3.8, 4) is 0 Å². The molecular weight excluding hydrogens is 300 g/mol. The third kappa shape index (κ3) is 1.92. The zero-order valence-electron chi connectivity index (χ0n) is 12.5. The van der Waals surface area contributed by atoms with Crippen LogP contribution in [0.1, 0.15) is 36.5 Å². The van der Waals surface area contributed by atoms with Crippen molar-refractivity contribution >= 4 is 39.0 Å². The average Bonchev–Trinajstić information content (AvgIpc) is 3.05. The summed E-state index contributed by atoms with van der Waals surface area (Å²) >= 11 is 3.50. The Morgan fingerprint density at radius 1 is 1.38 bits per heavy atom. The molecule has 1 atom stereocenters. The third-order valence-electron chi connectivity index (χ3n) is 4.34. The Kier molecular flexibility index (Phi) is 3.19. The average molecular weight is 318 g/mol. The maximum absolute atomic E-state index is 4.92. The van der Waals surface area contributed by atoms with Gasteiger partial charge in [-0.2, -0.15) is 0 Å². The predicted molar refractivity (Wildman–Crippen MR) is 88.5 cm³/mol. The summed E-state index contributed by atoms with van der Waals surface area (Å²) in [4.78, 5) is 7.59. The maximum atomic E-state index is 4.92. The zero-order valence-corrected chi connectivity index (χ0v) is 14.1. The molecule has 3 aromatic rings. The smallest absolute Gasteiger partial charge is 0.196 e. The van der Waals surface area contributed by atoms with Crippen LogP contribution in [0.3, 0.4) is 0 Å². The molecule has 110 valence electrons. The van der Waals surface area contributed by atoms with Crippen molar-refractivity contribution in [1.29, 1.82) is 0 Å². The molecule has 0 radical (unpaired) electrons. The standard InChI is InChI=1S/C15H18N4S2/c1-4-11-16-14-12(13-17-18-15(20-3)19(11)13)9-6-5-8(2)7-10(9)21-14/h8H,4-7H2,1-3H3/t8-/m1/s1. The molecule has 0 saturated carbocycles. The lowest BCUT2D eigenvalue weighted by atomic mass is 9.89. The number of nitrogens with zero attached hydrogens (tertiary/aromatic N) is 4. The fourth-order valence-electron chi connectivity index (χ4n) is 3.25. The zero-order chi connectivity index (χ0) is 14.6. The Balaban J connectivity index is 2.10. The minimum Gasteiger partial charge on any atom is -0.257 e. The topological polar surface area (TPSA) is 43.1 Å². The fraction of sp³-hybridized carbons (Fsp3) is 0.533. The highest BCUT2D eigenvalue weighted by molar-refractivity contribution is 7.98. The van der Waals surface area contributed by atoms with Gasteiger partial charge in [-0.15, -0.1) is 21.5 Å². The summed E-state index contributed by atoms with van der Waals surface area (Å²) in [6.45, 7) is 4.49. The van der Waals surface area contributed by atoms with Crippen molar-refractivity contribution in [3.63, 3.8) is 0 Å². The number of thiophene rings is 1. The van der Waals surface area contributed by atoms with Gasteiger partial charge in [0.25, 0.3) is 0 Å². The summed E-state index contributed by atoms with van der Waals surface area (Å²) in [6, 6.07) is 0. The minimum absolute atomic E-state index is 0.784. The molecular formula is C15H18N4S2. The van der Waals surface area contributed by atoms with Crippen LogP contribution < -0.4 is 0 Å². The van der Waals surface area contributed by atoms with Crippen LogP contribution >= 0.6 is 23.1 Å². The number of hydrogen-bond donors (Lipinski definition) is 0. The Hall–Kier alpha value is -1.14. The van der Waals surface area contributed by atoms with Crippen LogP contribution in [0.2, 0.25) is 0 Å². The van der Waals surface area contributed by atoms with Crippen LogP contribution in [-0.2, 0) is 19.3 Å². The van der Waals surface area contributed by atoms with Gasteiger partial charge in [-0.3, -0.25) is 4.40 Å². The fourth-order valence-corrected chi connectivity index (χ4v) is 5.14. The highest BCUT2D eigenvalue weighted by Crippen LogP contribution is 2.39. The number of hydrogen-bond acceptors (Lipinski definition) is 5. The molecule has 3 heterocycles. The van der Waals surface area contributed by atoms with Gasteiger partial charge < -0.3 is 0 Å². The van der Waals surface area contributed by atoms with E-state index < -0.39 is 0 Å². The largest absolute Gasteiger partial charge is 0.257 e. The number of rotatable bonds is 2. The van der Waals surface area contributed by atoms with E-state index in [0.717, 1.165) is 40.2 Å². The Morgan fingerprint density at radius 2 is 2.24 bits per heavy atom. The summed E-state index contributed by atoms with van der Waals surface area (Å²) in [5, 5.41) is 11.0. The van der Waals surface area contributed by atoms with E-state index in [0.29, 0.717) is 0 Å². The van der Waals surface area contributed by atoms with Crippen molar-refractivity contribution in [2.75, 3.05) is 6.26 Å². The molecule has 6 heteroatoms. The Morgan fingerprint density at radius 3 is 3.00 bits per heavy atom. The summed E-state index contributed by atoms with van der Waals surface area (Å²) in [6.07, 6.45) is 6.56. The van der Waals surface area contributed by atoms with Crippen LogP contribution in [0, 0.1) is 5.92 Å². The lowest BCUT2D eigenvalue weighted by Crippen LogP contribution is -2.09. The highest BCUT2D eigenvalue weighted by atomic mass is 32.2. The summed E-state index contributed by atoms with van der Waals surface area (Å²) in [5.74, 6) is 1.85. The molecule has 4 rings (SSSR count). The highest BCUT2D eigenvalue weighted by Gasteiger charge is 2.24. The summed E-state index contributed by atoms with van der Waals surface area (Å²) in [7, 11) is 0. The molecule has 0 spiro atoms. The first-order valence-electron chi connectivity index (χ1n) is 7.45. The van der Waals surface area contributed by atoms with E-state index in [2.05, 4.69) is 28.4 Å². The first-order chi connectivity index (χ1) is 10.2. The molecule has 0 aromatic carbocycles. The normalized spacial score (nSPS) is 18.5. The number of aromatic nitrogens is 4. The Bertz CT molecular complexity index is 833. The lowest BCUT2D eigenvalue weighted by molar-refractivity contribution is 0.509. The molecule has 0 N–H and O–H groups in total. The molecule has 0 saturated heterocycles. The maximum Gasteiger partial charge on any atom is 0.196 e. The van der Waals surface area contributed by atoms with Crippen molar-refractivity contribution in [2.24, 2.45) is 5.92 Å². The quantitative estimate of drug-likeness (QED) is 0.675. The van der Waals surface area contributed by atoms with Crippen LogP contribution in [0.4, 0.5) is 0 Å². The van der Waals surface area contributed by atoms with E-state index in [1.54, 1.807) is 11.8 Å². The van der Waals surface area contributed by atoms with Crippen molar-refractivity contribution in [3.05, 3.63) is 16.3 Å². The first-order valence-corrected chi connectivity index (χ1v) is 9.49. The summed E-state index contributed by atoms with van der Waals surface area (Å²) in [5.41, 5.74) is 2.49. The predicted octanol–water partition coefficient (Wildman–Crippen LogP) is 3.75. The van der Waals surface area contributed by atoms with Gasteiger partial charge in [0.1, 0.15) is 10.7 Å². The number of aryl methyl sites for hydroxylation is 2. The van der Waals surface area contributed by atoms with Crippen molar-refractivity contribution < 1.29 is 0 Å². The molecule has 1 aliphatic rings. The van der Waals surface area contributed by atoms with Gasteiger partial charge in [-0.1, -0.05) is 25.6 Å². The molecule has 0 aliphatic heterocycles. The van der Waals surface area contributed by atoms with Crippen molar-refractivity contribution in [2.45, 2.75) is 44.7 Å². The van der Waals surface area contributed by atoms with E-state index in [4.69, 9.17) is 4.98 Å². The third-order valence-corrected chi connectivity index (χ3v) is 6.12. The van der Waals surface area contributed by atoms with E-state index in [9.17, 15) is 0 Å². The van der Waals surface area contributed by atoms with Crippen LogP contribution in [0.5, 0.6) is 0 Å². The Labute approximate surface area is 132 Å². The second kappa shape index (κ2) is 4.95.